The van der Waals surface area contributed by atoms with Gasteiger partial charge in [0.1, 0.15) is 5.76 Å². The summed E-state index contributed by atoms with van der Waals surface area (Å²) in [6.07, 6.45) is -0.646. The number of hydrogen-bond acceptors (Lipinski definition) is 3. The van der Waals surface area contributed by atoms with Gasteiger partial charge in [0.2, 0.25) is 0 Å². The number of rotatable bonds is 3. The van der Waals surface area contributed by atoms with Gasteiger partial charge in [-0.15, -0.1) is 0 Å². The second-order valence-electron chi connectivity index (χ2n) is 5.26. The van der Waals surface area contributed by atoms with Crippen LogP contribution in [0.1, 0.15) is 24.0 Å². The highest BCUT2D eigenvalue weighted by Crippen LogP contribution is 2.42. The maximum Gasteiger partial charge on any atom is 0.171 e. The summed E-state index contributed by atoms with van der Waals surface area (Å²) in [5, 5.41) is 9.63. The van der Waals surface area contributed by atoms with E-state index < -0.39 is 6.10 Å². The van der Waals surface area contributed by atoms with Crippen LogP contribution in [0.15, 0.2) is 66.2 Å². The largest absolute Gasteiger partial charge is 0.480 e. The fourth-order valence-corrected chi connectivity index (χ4v) is 2.80. The molecule has 0 aliphatic carbocycles. The average Bonchev–Trinajstić information content (AvgIpc) is 2.96. The number of benzene rings is 2. The van der Waals surface area contributed by atoms with Crippen molar-refractivity contribution in [1.29, 1.82) is 5.26 Å². The first kappa shape index (κ1) is 14.1. The summed E-state index contributed by atoms with van der Waals surface area (Å²) in [4.78, 5) is 12.0. The van der Waals surface area contributed by atoms with Crippen LogP contribution in [0.5, 0.6) is 0 Å². The van der Waals surface area contributed by atoms with E-state index in [9.17, 15) is 10.1 Å². The van der Waals surface area contributed by atoms with Gasteiger partial charge in [-0.25, -0.2) is 0 Å². The predicted molar refractivity (Wildman–Crippen MR) is 83.7 cm³/mol. The molecule has 0 fully saturated rings. The lowest BCUT2D eigenvalue weighted by molar-refractivity contribution is -0.124. The third-order valence-corrected chi connectivity index (χ3v) is 3.82. The molecule has 0 unspecified atom stereocenters. The lowest BCUT2D eigenvalue weighted by atomic mass is 9.86. The molecule has 0 N–H and O–H groups in total. The maximum atomic E-state index is 12.0. The molecule has 3 nitrogen and oxygen atoms in total. The first-order chi connectivity index (χ1) is 10.7. The molecule has 22 heavy (non-hydrogen) atoms. The molecule has 0 aromatic heterocycles. The number of nitriles is 1. The van der Waals surface area contributed by atoms with Crippen LogP contribution in [-0.4, -0.2) is 11.9 Å². The van der Waals surface area contributed by atoms with Crippen LogP contribution >= 0.6 is 0 Å². The van der Waals surface area contributed by atoms with Crippen molar-refractivity contribution < 1.29 is 9.53 Å². The Morgan fingerprint density at radius 1 is 1.05 bits per heavy atom. The topological polar surface area (TPSA) is 50.1 Å². The van der Waals surface area contributed by atoms with Crippen LogP contribution in [0, 0.1) is 11.3 Å². The first-order valence-corrected chi connectivity index (χ1v) is 7.14. The number of carbonyl (C=O) groups excluding carboxylic acids is 1. The Labute approximate surface area is 129 Å². The summed E-state index contributed by atoms with van der Waals surface area (Å²) in [5.41, 5.74) is 2.26. The van der Waals surface area contributed by atoms with E-state index in [0.29, 0.717) is 11.3 Å². The molecule has 2 aromatic carbocycles. The van der Waals surface area contributed by atoms with Gasteiger partial charge in [-0.1, -0.05) is 60.7 Å². The normalized spacial score (nSPS) is 20.4. The molecule has 1 aliphatic heterocycles. The van der Waals surface area contributed by atoms with Crippen molar-refractivity contribution in [2.24, 2.45) is 0 Å². The summed E-state index contributed by atoms with van der Waals surface area (Å²) in [5.74, 6) is 0.0867. The minimum atomic E-state index is -0.646. The van der Waals surface area contributed by atoms with Gasteiger partial charge in [0.15, 0.2) is 11.9 Å². The lowest BCUT2D eigenvalue weighted by Gasteiger charge is -2.17. The molecule has 108 valence electrons. The van der Waals surface area contributed by atoms with Gasteiger partial charge in [0.25, 0.3) is 0 Å². The van der Waals surface area contributed by atoms with E-state index in [4.69, 9.17) is 4.74 Å². The van der Waals surface area contributed by atoms with Crippen molar-refractivity contribution in [2.45, 2.75) is 18.9 Å². The standard InChI is InChI=1S/C19H15NO2/c1-13(21)18-17(14-8-4-2-5-9-14)16(12-20)19(22-18)15-10-6-3-7-11-15/h2-11,17-18H,1H3/t17-,18+/m1/s1. The smallest absolute Gasteiger partial charge is 0.171 e. The highest BCUT2D eigenvalue weighted by Gasteiger charge is 2.41. The summed E-state index contributed by atoms with van der Waals surface area (Å²) in [6, 6.07) is 21.3. The Kier molecular flexibility index (Phi) is 3.76. The van der Waals surface area contributed by atoms with Gasteiger partial charge in [-0.3, -0.25) is 4.79 Å². The Morgan fingerprint density at radius 3 is 2.18 bits per heavy atom. The average molecular weight is 289 g/mol. The molecule has 3 rings (SSSR count). The second kappa shape index (κ2) is 5.87. The van der Waals surface area contributed by atoms with Crippen molar-refractivity contribution in [1.82, 2.24) is 0 Å². The number of Topliss-reactive ketones (excluding diaryl/α,β-unsaturated/α-hetero) is 1. The molecule has 3 heteroatoms. The first-order valence-electron chi connectivity index (χ1n) is 7.14. The minimum Gasteiger partial charge on any atom is -0.480 e. The molecule has 1 heterocycles. The summed E-state index contributed by atoms with van der Waals surface area (Å²) < 4.78 is 5.89. The second-order valence-corrected chi connectivity index (χ2v) is 5.26. The zero-order chi connectivity index (χ0) is 15.5. The number of ether oxygens (including phenoxy) is 1. The molecular weight excluding hydrogens is 274 g/mol. The molecule has 2 aromatic rings. The number of ketones is 1. The molecule has 1 aliphatic rings. The minimum absolute atomic E-state index is 0.0764. The van der Waals surface area contributed by atoms with Gasteiger partial charge in [0.05, 0.1) is 17.6 Å². The van der Waals surface area contributed by atoms with E-state index in [2.05, 4.69) is 6.07 Å². The van der Waals surface area contributed by atoms with Crippen molar-refractivity contribution >= 4 is 11.5 Å². The third kappa shape index (κ3) is 2.40. The predicted octanol–water partition coefficient (Wildman–Crippen LogP) is 3.69. The van der Waals surface area contributed by atoms with E-state index >= 15 is 0 Å². The van der Waals surface area contributed by atoms with Crippen LogP contribution in [0.25, 0.3) is 5.76 Å². The zero-order valence-corrected chi connectivity index (χ0v) is 12.2. The molecule has 2 atom stereocenters. The number of nitrogens with zero attached hydrogens (tertiary/aromatic N) is 1. The molecule has 0 bridgehead atoms. The number of hydrogen-bond donors (Lipinski definition) is 0. The van der Waals surface area contributed by atoms with Gasteiger partial charge >= 0.3 is 0 Å². The fourth-order valence-electron chi connectivity index (χ4n) is 2.80. The Balaban J connectivity index is 2.14. The van der Waals surface area contributed by atoms with Gasteiger partial charge < -0.3 is 4.74 Å². The van der Waals surface area contributed by atoms with Gasteiger partial charge in [-0.05, 0) is 12.5 Å². The van der Waals surface area contributed by atoms with E-state index in [1.54, 1.807) is 0 Å². The van der Waals surface area contributed by atoms with Crippen LogP contribution in [-0.2, 0) is 9.53 Å². The van der Waals surface area contributed by atoms with Crippen molar-refractivity contribution in [2.75, 3.05) is 0 Å². The SMILES string of the molecule is CC(=O)[C@@H]1OC(c2ccccc2)=C(C#N)[C@H]1c1ccccc1. The highest BCUT2D eigenvalue weighted by molar-refractivity contribution is 5.87. The summed E-state index contributed by atoms with van der Waals surface area (Å²) >= 11 is 0. The molecular formula is C19H15NO2. The van der Waals surface area contributed by atoms with Crippen molar-refractivity contribution in [3.05, 3.63) is 77.4 Å². The Morgan fingerprint density at radius 2 is 1.64 bits per heavy atom. The molecule has 0 saturated carbocycles. The lowest BCUT2D eigenvalue weighted by Crippen LogP contribution is -2.24. The monoisotopic (exact) mass is 289 g/mol. The van der Waals surface area contributed by atoms with Crippen LogP contribution in [0.3, 0.4) is 0 Å². The van der Waals surface area contributed by atoms with Crippen LogP contribution < -0.4 is 0 Å². The summed E-state index contributed by atoms with van der Waals surface area (Å²) in [7, 11) is 0. The van der Waals surface area contributed by atoms with Gasteiger partial charge in [-0.2, -0.15) is 5.26 Å². The van der Waals surface area contributed by atoms with Crippen LogP contribution in [0.4, 0.5) is 0 Å². The third-order valence-electron chi connectivity index (χ3n) is 3.82. The molecule has 0 radical (unpaired) electrons. The highest BCUT2D eigenvalue weighted by atomic mass is 16.5. The van der Waals surface area contributed by atoms with Gasteiger partial charge in [0, 0.05) is 5.56 Å². The maximum absolute atomic E-state index is 12.0. The van der Waals surface area contributed by atoms with E-state index in [0.717, 1.165) is 11.1 Å². The quantitative estimate of drug-likeness (QED) is 0.865. The zero-order valence-electron chi connectivity index (χ0n) is 12.2. The number of carbonyl (C=O) groups is 1. The van der Waals surface area contributed by atoms with Crippen molar-refractivity contribution in [3.8, 4) is 6.07 Å². The van der Waals surface area contributed by atoms with E-state index in [1.165, 1.54) is 6.92 Å². The van der Waals surface area contributed by atoms with Crippen LogP contribution in [0.2, 0.25) is 0 Å². The molecule has 0 saturated heterocycles. The summed E-state index contributed by atoms with van der Waals surface area (Å²) in [6.45, 7) is 1.50. The molecule has 0 spiro atoms. The van der Waals surface area contributed by atoms with E-state index in [1.807, 2.05) is 60.7 Å². The Bertz CT molecular complexity index is 757. The van der Waals surface area contributed by atoms with E-state index in [-0.39, 0.29) is 11.7 Å². The Hall–Kier alpha value is -2.86. The molecule has 0 amide bonds. The van der Waals surface area contributed by atoms with Crippen molar-refractivity contribution in [3.63, 3.8) is 0 Å². The fraction of sp³-hybridized carbons (Fsp3) is 0.158.